The van der Waals surface area contributed by atoms with Gasteiger partial charge in [-0.25, -0.2) is 0 Å². The Balaban J connectivity index is 1.77. The number of morpholine rings is 1. The fourth-order valence-electron chi connectivity index (χ4n) is 2.19. The summed E-state index contributed by atoms with van der Waals surface area (Å²) in [5.74, 6) is 0.813. The number of nitrogens with zero attached hydrogens (tertiary/aromatic N) is 2. The van der Waals surface area contributed by atoms with E-state index < -0.39 is 0 Å². The van der Waals surface area contributed by atoms with E-state index in [0.717, 1.165) is 25.4 Å². The van der Waals surface area contributed by atoms with E-state index in [-0.39, 0.29) is 0 Å². The molecule has 0 saturated carbocycles. The minimum Gasteiger partial charge on any atom is -0.492 e. The minimum absolute atomic E-state index is 0.297. The van der Waals surface area contributed by atoms with Crippen LogP contribution in [0.25, 0.3) is 0 Å². The number of benzene rings is 1. The van der Waals surface area contributed by atoms with Gasteiger partial charge in [0, 0.05) is 19.1 Å². The van der Waals surface area contributed by atoms with Crippen molar-refractivity contribution < 1.29 is 9.47 Å². The van der Waals surface area contributed by atoms with E-state index in [4.69, 9.17) is 14.7 Å². The third-order valence-electron chi connectivity index (χ3n) is 3.37. The summed E-state index contributed by atoms with van der Waals surface area (Å²) in [6.45, 7) is 7.57. The first-order valence-corrected chi connectivity index (χ1v) is 6.67. The highest BCUT2D eigenvalue weighted by atomic mass is 16.5. The van der Waals surface area contributed by atoms with Crippen LogP contribution in [0.3, 0.4) is 0 Å². The van der Waals surface area contributed by atoms with Crippen molar-refractivity contribution in [2.75, 3.05) is 26.3 Å². The van der Waals surface area contributed by atoms with E-state index in [1.807, 2.05) is 12.1 Å². The summed E-state index contributed by atoms with van der Waals surface area (Å²) in [7, 11) is 0. The summed E-state index contributed by atoms with van der Waals surface area (Å²) in [5.41, 5.74) is 0.656. The van der Waals surface area contributed by atoms with Crippen LogP contribution < -0.4 is 4.74 Å². The zero-order chi connectivity index (χ0) is 13.7. The Hall–Kier alpha value is -1.57. The molecular weight excluding hydrogens is 240 g/mol. The zero-order valence-electron chi connectivity index (χ0n) is 11.5. The highest BCUT2D eigenvalue weighted by Gasteiger charge is 2.22. The van der Waals surface area contributed by atoms with Gasteiger partial charge in [0.15, 0.2) is 0 Å². The number of ether oxygens (including phenoxy) is 2. The van der Waals surface area contributed by atoms with Gasteiger partial charge in [-0.2, -0.15) is 5.26 Å². The lowest BCUT2D eigenvalue weighted by Gasteiger charge is -2.36. The first-order chi connectivity index (χ1) is 9.19. The van der Waals surface area contributed by atoms with Crippen LogP contribution in [0.15, 0.2) is 24.3 Å². The van der Waals surface area contributed by atoms with Crippen LogP contribution in [0.1, 0.15) is 19.4 Å². The van der Waals surface area contributed by atoms with Crippen LogP contribution in [-0.2, 0) is 4.74 Å². The van der Waals surface area contributed by atoms with Crippen LogP contribution in [-0.4, -0.2) is 43.3 Å². The SMILES string of the molecule is C[C@@H]1CN(CCOc2ccc(C#N)cc2)[C@@H](C)CO1. The smallest absolute Gasteiger partial charge is 0.119 e. The average molecular weight is 260 g/mol. The number of rotatable bonds is 4. The van der Waals surface area contributed by atoms with Crippen LogP contribution >= 0.6 is 0 Å². The molecule has 2 rings (SSSR count). The Kier molecular flexibility index (Phi) is 4.78. The predicted molar refractivity (Wildman–Crippen MR) is 73.1 cm³/mol. The lowest BCUT2D eigenvalue weighted by atomic mass is 10.2. The Morgan fingerprint density at radius 2 is 2.11 bits per heavy atom. The summed E-state index contributed by atoms with van der Waals surface area (Å²) >= 11 is 0. The van der Waals surface area contributed by atoms with Crippen molar-refractivity contribution in [3.63, 3.8) is 0 Å². The summed E-state index contributed by atoms with van der Waals surface area (Å²) in [5, 5.41) is 8.72. The molecule has 1 aliphatic heterocycles. The van der Waals surface area contributed by atoms with Crippen LogP contribution in [0.4, 0.5) is 0 Å². The molecule has 0 radical (unpaired) electrons. The molecule has 19 heavy (non-hydrogen) atoms. The van der Waals surface area contributed by atoms with Gasteiger partial charge < -0.3 is 9.47 Å². The van der Waals surface area contributed by atoms with E-state index in [1.54, 1.807) is 12.1 Å². The summed E-state index contributed by atoms with van der Waals surface area (Å²) in [6, 6.07) is 9.76. The standard InChI is InChI=1S/C15H20N2O2/c1-12-11-19-13(2)10-17(12)7-8-18-15-5-3-14(9-16)4-6-15/h3-6,12-13H,7-8,10-11H2,1-2H3/t12-,13+/m0/s1. The maximum atomic E-state index is 8.72. The highest BCUT2D eigenvalue weighted by molar-refractivity contribution is 5.34. The Bertz CT molecular complexity index is 438. The Morgan fingerprint density at radius 3 is 2.79 bits per heavy atom. The van der Waals surface area contributed by atoms with Gasteiger partial charge >= 0.3 is 0 Å². The molecule has 0 unspecified atom stereocenters. The lowest BCUT2D eigenvalue weighted by molar-refractivity contribution is -0.0522. The number of hydrogen-bond acceptors (Lipinski definition) is 4. The van der Waals surface area contributed by atoms with E-state index in [2.05, 4.69) is 24.8 Å². The lowest BCUT2D eigenvalue weighted by Crippen LogP contribution is -2.48. The van der Waals surface area contributed by atoms with Gasteiger partial charge in [-0.15, -0.1) is 0 Å². The average Bonchev–Trinajstić information content (AvgIpc) is 2.43. The van der Waals surface area contributed by atoms with Crippen molar-refractivity contribution in [2.45, 2.75) is 26.0 Å². The van der Waals surface area contributed by atoms with Gasteiger partial charge in [0.25, 0.3) is 0 Å². The van der Waals surface area contributed by atoms with E-state index in [0.29, 0.717) is 24.3 Å². The monoisotopic (exact) mass is 260 g/mol. The maximum Gasteiger partial charge on any atom is 0.119 e. The minimum atomic E-state index is 0.297. The third kappa shape index (κ3) is 3.95. The molecule has 0 amide bonds. The van der Waals surface area contributed by atoms with E-state index >= 15 is 0 Å². The van der Waals surface area contributed by atoms with Crippen molar-refractivity contribution in [1.29, 1.82) is 5.26 Å². The van der Waals surface area contributed by atoms with Gasteiger partial charge in [0.1, 0.15) is 12.4 Å². The first kappa shape index (κ1) is 13.9. The van der Waals surface area contributed by atoms with Crippen LogP contribution in [0.2, 0.25) is 0 Å². The van der Waals surface area contributed by atoms with Crippen LogP contribution in [0, 0.1) is 11.3 Å². The maximum absolute atomic E-state index is 8.72. The molecule has 0 spiro atoms. The molecule has 1 aliphatic rings. The quantitative estimate of drug-likeness (QED) is 0.831. The predicted octanol–water partition coefficient (Wildman–Crippen LogP) is 2.05. The molecule has 1 heterocycles. The van der Waals surface area contributed by atoms with Gasteiger partial charge in [0.2, 0.25) is 0 Å². The van der Waals surface area contributed by atoms with Crippen LogP contribution in [0.5, 0.6) is 5.75 Å². The molecule has 4 heteroatoms. The highest BCUT2D eigenvalue weighted by Crippen LogP contribution is 2.13. The van der Waals surface area contributed by atoms with Crippen molar-refractivity contribution >= 4 is 0 Å². The third-order valence-corrected chi connectivity index (χ3v) is 3.37. The second-order valence-electron chi connectivity index (χ2n) is 4.97. The Labute approximate surface area is 114 Å². The molecule has 2 atom stereocenters. The van der Waals surface area contributed by atoms with Crippen molar-refractivity contribution in [1.82, 2.24) is 4.90 Å². The molecule has 1 fully saturated rings. The van der Waals surface area contributed by atoms with Gasteiger partial charge in [-0.1, -0.05) is 0 Å². The van der Waals surface area contributed by atoms with Gasteiger partial charge in [-0.05, 0) is 38.1 Å². The molecule has 1 aromatic rings. The van der Waals surface area contributed by atoms with Gasteiger partial charge in [-0.3, -0.25) is 4.90 Å². The molecule has 4 nitrogen and oxygen atoms in total. The van der Waals surface area contributed by atoms with E-state index in [1.165, 1.54) is 0 Å². The topological polar surface area (TPSA) is 45.5 Å². The number of hydrogen-bond donors (Lipinski definition) is 0. The Morgan fingerprint density at radius 1 is 1.37 bits per heavy atom. The second kappa shape index (κ2) is 6.55. The first-order valence-electron chi connectivity index (χ1n) is 6.67. The largest absolute Gasteiger partial charge is 0.492 e. The zero-order valence-corrected chi connectivity index (χ0v) is 11.5. The van der Waals surface area contributed by atoms with E-state index in [9.17, 15) is 0 Å². The molecule has 102 valence electrons. The summed E-state index contributed by atoms with van der Waals surface area (Å²) in [6.07, 6.45) is 0.297. The molecule has 0 bridgehead atoms. The fourth-order valence-corrected chi connectivity index (χ4v) is 2.19. The molecular formula is C15H20N2O2. The molecule has 0 aliphatic carbocycles. The molecule has 1 aromatic carbocycles. The van der Waals surface area contributed by atoms with Gasteiger partial charge in [0.05, 0.1) is 24.3 Å². The molecule has 1 saturated heterocycles. The normalized spacial score (nSPS) is 23.8. The fraction of sp³-hybridized carbons (Fsp3) is 0.533. The summed E-state index contributed by atoms with van der Waals surface area (Å²) in [4.78, 5) is 2.39. The number of nitriles is 1. The van der Waals surface area contributed by atoms with Crippen molar-refractivity contribution in [3.8, 4) is 11.8 Å². The molecule has 0 aromatic heterocycles. The molecule has 0 N–H and O–H groups in total. The summed E-state index contributed by atoms with van der Waals surface area (Å²) < 4.78 is 11.3. The van der Waals surface area contributed by atoms with Crippen molar-refractivity contribution in [3.05, 3.63) is 29.8 Å². The second-order valence-corrected chi connectivity index (χ2v) is 4.97. The van der Waals surface area contributed by atoms with Crippen molar-refractivity contribution in [2.24, 2.45) is 0 Å².